The molecule has 1 unspecified atom stereocenters. The molecule has 2 aromatic rings. The third-order valence-electron chi connectivity index (χ3n) is 6.08. The quantitative estimate of drug-likeness (QED) is 0.318. The minimum Gasteiger partial charge on any atom is -0.487 e. The topological polar surface area (TPSA) is 79.8 Å². The van der Waals surface area contributed by atoms with Crippen molar-refractivity contribution in [3.8, 4) is 5.75 Å². The Morgan fingerprint density at radius 2 is 1.84 bits per heavy atom. The van der Waals surface area contributed by atoms with E-state index in [1.54, 1.807) is 7.05 Å². The van der Waals surface area contributed by atoms with Crippen molar-refractivity contribution in [1.29, 1.82) is 0 Å². The fourth-order valence-electron chi connectivity index (χ4n) is 4.54. The van der Waals surface area contributed by atoms with Crippen LogP contribution in [0.5, 0.6) is 5.75 Å². The van der Waals surface area contributed by atoms with E-state index in [9.17, 15) is 12.8 Å². The molecule has 2 N–H and O–H groups in total. The lowest BCUT2D eigenvalue weighted by Crippen LogP contribution is -2.47. The molecule has 2 aliphatic rings. The lowest BCUT2D eigenvalue weighted by molar-refractivity contribution is 0.0396. The number of benzene rings is 2. The van der Waals surface area contributed by atoms with Gasteiger partial charge in [-0.15, -0.1) is 24.0 Å². The number of nitrogens with zero attached hydrogens (tertiary/aromatic N) is 1. The van der Waals surface area contributed by atoms with Gasteiger partial charge >= 0.3 is 0 Å². The molecule has 1 saturated carbocycles. The highest BCUT2D eigenvalue weighted by Gasteiger charge is 2.43. The standard InChI is InChI=1S/C23H28FN3O3S.HI/c1-25-22(26-14-15-31(28,29)21-11-5-3-9-18(21)24)27-19-16-23(12-6-7-13-23)30-20-10-4-2-8-17(19)20;/h2-5,8-11,19H,6-7,12-16H2,1H3,(H2,25,26,27);1H. The van der Waals surface area contributed by atoms with Gasteiger partial charge in [-0.25, -0.2) is 12.8 Å². The molecular weight excluding hydrogens is 544 g/mol. The summed E-state index contributed by atoms with van der Waals surface area (Å²) in [5, 5.41) is 6.51. The number of para-hydroxylation sites is 1. The van der Waals surface area contributed by atoms with Crippen LogP contribution in [0.3, 0.4) is 0 Å². The van der Waals surface area contributed by atoms with Gasteiger partial charge in [0.15, 0.2) is 15.8 Å². The molecule has 0 amide bonds. The van der Waals surface area contributed by atoms with Gasteiger partial charge in [0.1, 0.15) is 22.1 Å². The van der Waals surface area contributed by atoms with E-state index in [1.807, 2.05) is 24.3 Å². The van der Waals surface area contributed by atoms with E-state index in [0.717, 1.165) is 49.5 Å². The smallest absolute Gasteiger partial charge is 0.191 e. The van der Waals surface area contributed by atoms with Gasteiger partial charge in [-0.1, -0.05) is 30.3 Å². The van der Waals surface area contributed by atoms with Crippen LogP contribution < -0.4 is 15.4 Å². The largest absolute Gasteiger partial charge is 0.487 e. The van der Waals surface area contributed by atoms with Crippen LogP contribution in [-0.2, 0) is 9.84 Å². The predicted octanol–water partition coefficient (Wildman–Crippen LogP) is 4.22. The van der Waals surface area contributed by atoms with Gasteiger partial charge in [-0.3, -0.25) is 4.99 Å². The second-order valence-electron chi connectivity index (χ2n) is 8.18. The van der Waals surface area contributed by atoms with Crippen LogP contribution in [0.1, 0.15) is 43.7 Å². The van der Waals surface area contributed by atoms with Crippen LogP contribution in [-0.4, -0.2) is 39.3 Å². The zero-order chi connectivity index (χ0) is 21.9. The number of nitrogens with one attached hydrogen (secondary N) is 2. The Morgan fingerprint density at radius 1 is 1.16 bits per heavy atom. The summed E-state index contributed by atoms with van der Waals surface area (Å²) in [6.45, 7) is 0.117. The summed E-state index contributed by atoms with van der Waals surface area (Å²) in [5.74, 6) is 0.443. The van der Waals surface area contributed by atoms with Crippen LogP contribution in [0.2, 0.25) is 0 Å². The summed E-state index contributed by atoms with van der Waals surface area (Å²) in [4.78, 5) is 3.99. The van der Waals surface area contributed by atoms with E-state index in [2.05, 4.69) is 15.6 Å². The molecule has 1 spiro atoms. The van der Waals surface area contributed by atoms with Gasteiger partial charge in [0.2, 0.25) is 0 Å². The summed E-state index contributed by atoms with van der Waals surface area (Å²) >= 11 is 0. The molecule has 0 saturated heterocycles. The molecule has 0 aromatic heterocycles. The number of hydrogen-bond acceptors (Lipinski definition) is 4. The molecule has 0 bridgehead atoms. The van der Waals surface area contributed by atoms with Crippen molar-refractivity contribution >= 4 is 39.8 Å². The summed E-state index contributed by atoms with van der Waals surface area (Å²) < 4.78 is 45.3. The minimum atomic E-state index is -3.74. The molecule has 0 radical (unpaired) electrons. The monoisotopic (exact) mass is 573 g/mol. The maximum absolute atomic E-state index is 13.9. The van der Waals surface area contributed by atoms with Crippen molar-refractivity contribution in [3.63, 3.8) is 0 Å². The summed E-state index contributed by atoms with van der Waals surface area (Å²) in [6.07, 6.45) is 5.22. The first-order valence-electron chi connectivity index (χ1n) is 10.6. The van der Waals surface area contributed by atoms with Gasteiger partial charge in [0, 0.05) is 25.6 Å². The molecule has 32 heavy (non-hydrogen) atoms. The molecule has 2 aromatic carbocycles. The van der Waals surface area contributed by atoms with Crippen molar-refractivity contribution in [2.75, 3.05) is 19.3 Å². The van der Waals surface area contributed by atoms with Gasteiger partial charge in [-0.05, 0) is 43.9 Å². The molecule has 1 aliphatic carbocycles. The fraction of sp³-hybridized carbons (Fsp3) is 0.435. The van der Waals surface area contributed by atoms with Crippen LogP contribution in [0.25, 0.3) is 0 Å². The lowest BCUT2D eigenvalue weighted by Gasteiger charge is -2.40. The highest BCUT2D eigenvalue weighted by molar-refractivity contribution is 14.0. The number of aliphatic imine (C=N–C) groups is 1. The minimum absolute atomic E-state index is 0. The number of sulfone groups is 1. The van der Waals surface area contributed by atoms with Gasteiger partial charge in [0.05, 0.1) is 11.8 Å². The SMILES string of the molecule is CN=C(NCCS(=O)(=O)c1ccccc1F)NC1CC2(CCCC2)Oc2ccccc21.I. The summed E-state index contributed by atoms with van der Waals surface area (Å²) in [7, 11) is -2.09. The Hall–Kier alpha value is -1.88. The number of halogens is 2. The first-order chi connectivity index (χ1) is 14.9. The Morgan fingerprint density at radius 3 is 2.56 bits per heavy atom. The molecule has 9 heteroatoms. The molecule has 6 nitrogen and oxygen atoms in total. The highest BCUT2D eigenvalue weighted by Crippen LogP contribution is 2.46. The fourth-order valence-corrected chi connectivity index (χ4v) is 5.78. The van der Waals surface area contributed by atoms with Crippen LogP contribution >= 0.6 is 24.0 Å². The van der Waals surface area contributed by atoms with Crippen molar-refractivity contribution in [2.24, 2.45) is 4.99 Å². The maximum atomic E-state index is 13.9. The van der Waals surface area contributed by atoms with Crippen molar-refractivity contribution in [2.45, 2.75) is 48.6 Å². The van der Waals surface area contributed by atoms with E-state index in [4.69, 9.17) is 4.74 Å². The van der Waals surface area contributed by atoms with Gasteiger partial charge in [-0.2, -0.15) is 0 Å². The van der Waals surface area contributed by atoms with Crippen molar-refractivity contribution in [3.05, 3.63) is 59.9 Å². The number of fused-ring (bicyclic) bond motifs is 1. The molecule has 4 rings (SSSR count). The zero-order valence-corrected chi connectivity index (χ0v) is 21.2. The second-order valence-corrected chi connectivity index (χ2v) is 10.3. The van der Waals surface area contributed by atoms with Crippen LogP contribution in [0.4, 0.5) is 4.39 Å². The van der Waals surface area contributed by atoms with Crippen LogP contribution in [0, 0.1) is 5.82 Å². The first-order valence-corrected chi connectivity index (χ1v) is 12.3. The number of rotatable bonds is 5. The van der Waals surface area contributed by atoms with E-state index in [-0.39, 0.29) is 52.8 Å². The van der Waals surface area contributed by atoms with E-state index in [0.29, 0.717) is 5.96 Å². The Balaban J connectivity index is 0.00000289. The third kappa shape index (κ3) is 5.36. The Bertz CT molecular complexity index is 1070. The predicted molar refractivity (Wildman–Crippen MR) is 134 cm³/mol. The average molecular weight is 573 g/mol. The third-order valence-corrected chi connectivity index (χ3v) is 7.82. The first kappa shape index (κ1) is 24.8. The number of ether oxygens (including phenoxy) is 1. The molecule has 1 heterocycles. The molecular formula is C23H29FIN3O3S. The maximum Gasteiger partial charge on any atom is 0.191 e. The van der Waals surface area contributed by atoms with Gasteiger partial charge in [0.25, 0.3) is 0 Å². The van der Waals surface area contributed by atoms with E-state index < -0.39 is 15.7 Å². The van der Waals surface area contributed by atoms with Gasteiger partial charge < -0.3 is 15.4 Å². The summed E-state index contributed by atoms with van der Waals surface area (Å²) in [5.41, 5.74) is 0.918. The number of guanidine groups is 1. The molecule has 1 fully saturated rings. The average Bonchev–Trinajstić information content (AvgIpc) is 3.20. The molecule has 1 atom stereocenters. The Labute approximate surface area is 206 Å². The normalized spacial score (nSPS) is 19.6. The Kier molecular flexibility index (Phi) is 8.02. The summed E-state index contributed by atoms with van der Waals surface area (Å²) in [6, 6.07) is 13.5. The van der Waals surface area contributed by atoms with E-state index >= 15 is 0 Å². The number of hydrogen-bond donors (Lipinski definition) is 2. The zero-order valence-electron chi connectivity index (χ0n) is 18.0. The van der Waals surface area contributed by atoms with Crippen molar-refractivity contribution < 1.29 is 17.5 Å². The molecule has 1 aliphatic heterocycles. The highest BCUT2D eigenvalue weighted by atomic mass is 127. The lowest BCUT2D eigenvalue weighted by atomic mass is 9.86. The van der Waals surface area contributed by atoms with Crippen LogP contribution in [0.15, 0.2) is 58.4 Å². The van der Waals surface area contributed by atoms with E-state index in [1.165, 1.54) is 18.2 Å². The second kappa shape index (κ2) is 10.4. The molecule has 174 valence electrons. The van der Waals surface area contributed by atoms with Crippen molar-refractivity contribution in [1.82, 2.24) is 10.6 Å².